The van der Waals surface area contributed by atoms with Crippen LogP contribution >= 0.6 is 0 Å². The summed E-state index contributed by atoms with van der Waals surface area (Å²) >= 11 is 0. The molecule has 0 heterocycles. The fourth-order valence-corrected chi connectivity index (χ4v) is 2.54. The summed E-state index contributed by atoms with van der Waals surface area (Å²) in [7, 11) is 3.49. The standard InChI is InChI=1S/C22H30N4O2/c1-5-23-22(24-15-17(2)28-20-9-7-6-8-10-20)25-16-18-11-13-19(14-12-18)21(27)26(3)4/h6-14,17H,5,15-16H2,1-4H3,(H2,23,24,25). The van der Waals surface area contributed by atoms with Crippen molar-refractivity contribution >= 4 is 11.9 Å². The number of carbonyl (C=O) groups excluding carboxylic acids is 1. The fourth-order valence-electron chi connectivity index (χ4n) is 2.54. The Balaban J connectivity index is 1.90. The van der Waals surface area contributed by atoms with Crippen LogP contribution < -0.4 is 15.4 Å². The summed E-state index contributed by atoms with van der Waals surface area (Å²) in [5.74, 6) is 1.59. The molecule has 0 aliphatic heterocycles. The minimum atomic E-state index is -0.00235. The van der Waals surface area contributed by atoms with Crippen molar-refractivity contribution in [3.05, 3.63) is 65.7 Å². The highest BCUT2D eigenvalue weighted by atomic mass is 16.5. The number of aliphatic imine (C=N–C) groups is 1. The molecule has 0 radical (unpaired) electrons. The molecule has 28 heavy (non-hydrogen) atoms. The van der Waals surface area contributed by atoms with Gasteiger partial charge in [-0.15, -0.1) is 0 Å². The summed E-state index contributed by atoms with van der Waals surface area (Å²) < 4.78 is 5.88. The maximum atomic E-state index is 12.0. The van der Waals surface area contributed by atoms with Crippen LogP contribution in [0.3, 0.4) is 0 Å². The van der Waals surface area contributed by atoms with Crippen LogP contribution in [0.5, 0.6) is 5.75 Å². The predicted octanol–water partition coefficient (Wildman–Crippen LogP) is 2.91. The van der Waals surface area contributed by atoms with Crippen molar-refractivity contribution < 1.29 is 9.53 Å². The molecule has 6 nitrogen and oxygen atoms in total. The first kappa shape index (κ1) is 21.3. The molecule has 2 N–H and O–H groups in total. The summed E-state index contributed by atoms with van der Waals surface area (Å²) in [5.41, 5.74) is 1.72. The summed E-state index contributed by atoms with van der Waals surface area (Å²) in [6.07, 6.45) is 0.00239. The Hall–Kier alpha value is -3.02. The monoisotopic (exact) mass is 382 g/mol. The number of benzene rings is 2. The van der Waals surface area contributed by atoms with E-state index < -0.39 is 0 Å². The molecule has 0 aromatic heterocycles. The van der Waals surface area contributed by atoms with E-state index in [0.717, 1.165) is 23.8 Å². The van der Waals surface area contributed by atoms with Crippen LogP contribution in [0.2, 0.25) is 0 Å². The first-order valence-corrected chi connectivity index (χ1v) is 9.54. The number of para-hydroxylation sites is 1. The Morgan fingerprint density at radius 3 is 2.36 bits per heavy atom. The number of nitrogens with zero attached hydrogens (tertiary/aromatic N) is 2. The van der Waals surface area contributed by atoms with Gasteiger partial charge < -0.3 is 20.3 Å². The van der Waals surface area contributed by atoms with Crippen LogP contribution in [-0.2, 0) is 6.54 Å². The molecule has 0 spiro atoms. The molecule has 0 saturated carbocycles. The number of hydrogen-bond donors (Lipinski definition) is 2. The molecule has 1 amide bonds. The molecule has 6 heteroatoms. The van der Waals surface area contributed by atoms with E-state index in [1.165, 1.54) is 0 Å². The third-order valence-corrected chi connectivity index (χ3v) is 4.01. The number of amides is 1. The number of rotatable bonds is 8. The van der Waals surface area contributed by atoms with Gasteiger partial charge >= 0.3 is 0 Å². The summed E-state index contributed by atoms with van der Waals surface area (Å²) in [4.78, 5) is 18.1. The van der Waals surface area contributed by atoms with Gasteiger partial charge in [-0.25, -0.2) is 4.99 Å². The second-order valence-electron chi connectivity index (χ2n) is 6.71. The molecule has 1 atom stereocenters. The predicted molar refractivity (Wildman–Crippen MR) is 114 cm³/mol. The fraction of sp³-hybridized carbons (Fsp3) is 0.364. The smallest absolute Gasteiger partial charge is 0.253 e. The number of ether oxygens (including phenoxy) is 1. The first-order valence-electron chi connectivity index (χ1n) is 9.54. The van der Waals surface area contributed by atoms with Gasteiger partial charge in [0.05, 0.1) is 13.1 Å². The molecular weight excluding hydrogens is 352 g/mol. The van der Waals surface area contributed by atoms with Crippen molar-refractivity contribution in [3.8, 4) is 5.75 Å². The molecule has 2 rings (SSSR count). The van der Waals surface area contributed by atoms with Gasteiger partial charge in [-0.2, -0.15) is 0 Å². The van der Waals surface area contributed by atoms with Crippen molar-refractivity contribution in [2.75, 3.05) is 27.2 Å². The Labute approximate surface area is 167 Å². The minimum Gasteiger partial charge on any atom is -0.489 e. The lowest BCUT2D eigenvalue weighted by atomic mass is 10.1. The number of guanidine groups is 1. The van der Waals surface area contributed by atoms with E-state index in [1.54, 1.807) is 19.0 Å². The van der Waals surface area contributed by atoms with Gasteiger partial charge in [0, 0.05) is 26.2 Å². The van der Waals surface area contributed by atoms with Crippen LogP contribution in [0, 0.1) is 0 Å². The zero-order valence-corrected chi connectivity index (χ0v) is 17.1. The largest absolute Gasteiger partial charge is 0.489 e. The third kappa shape index (κ3) is 6.95. The van der Waals surface area contributed by atoms with E-state index in [4.69, 9.17) is 4.74 Å². The van der Waals surface area contributed by atoms with E-state index in [0.29, 0.717) is 18.7 Å². The van der Waals surface area contributed by atoms with Crippen molar-refractivity contribution in [2.45, 2.75) is 26.5 Å². The first-order chi connectivity index (χ1) is 13.5. The number of nitrogens with one attached hydrogen (secondary N) is 2. The van der Waals surface area contributed by atoms with Gasteiger partial charge in [0.1, 0.15) is 11.9 Å². The zero-order chi connectivity index (χ0) is 20.4. The van der Waals surface area contributed by atoms with Gasteiger partial charge in [0.2, 0.25) is 0 Å². The van der Waals surface area contributed by atoms with Gasteiger partial charge in [-0.3, -0.25) is 4.79 Å². The van der Waals surface area contributed by atoms with Crippen LogP contribution in [-0.4, -0.2) is 50.1 Å². The summed E-state index contributed by atoms with van der Waals surface area (Å²) in [6.45, 7) is 5.99. The SMILES string of the molecule is CCNC(=NCc1ccc(C(=O)N(C)C)cc1)NCC(C)Oc1ccccc1. The van der Waals surface area contributed by atoms with Gasteiger partial charge in [0.15, 0.2) is 5.96 Å². The van der Waals surface area contributed by atoms with Crippen molar-refractivity contribution in [1.82, 2.24) is 15.5 Å². The van der Waals surface area contributed by atoms with Crippen molar-refractivity contribution in [1.29, 1.82) is 0 Å². The van der Waals surface area contributed by atoms with E-state index in [9.17, 15) is 4.79 Å². The third-order valence-electron chi connectivity index (χ3n) is 4.01. The van der Waals surface area contributed by atoms with E-state index in [1.807, 2.05) is 68.4 Å². The van der Waals surface area contributed by atoms with Crippen molar-refractivity contribution in [2.24, 2.45) is 4.99 Å². The molecule has 0 bridgehead atoms. The lowest BCUT2D eigenvalue weighted by Gasteiger charge is -2.17. The summed E-state index contributed by atoms with van der Waals surface area (Å²) in [5, 5.41) is 6.55. The van der Waals surface area contributed by atoms with Crippen LogP contribution in [0.15, 0.2) is 59.6 Å². The maximum absolute atomic E-state index is 12.0. The molecule has 0 aliphatic rings. The van der Waals surface area contributed by atoms with Gasteiger partial charge in [-0.1, -0.05) is 30.3 Å². The minimum absolute atomic E-state index is 0.00235. The second kappa shape index (κ2) is 11.0. The summed E-state index contributed by atoms with van der Waals surface area (Å²) in [6, 6.07) is 17.3. The zero-order valence-electron chi connectivity index (χ0n) is 17.1. The van der Waals surface area contributed by atoms with E-state index in [2.05, 4.69) is 15.6 Å². The number of carbonyl (C=O) groups is 1. The Kier molecular flexibility index (Phi) is 8.34. The molecule has 1 unspecified atom stereocenters. The molecule has 2 aromatic carbocycles. The topological polar surface area (TPSA) is 66.0 Å². The molecule has 0 saturated heterocycles. The maximum Gasteiger partial charge on any atom is 0.253 e. The van der Waals surface area contributed by atoms with Crippen LogP contribution in [0.1, 0.15) is 29.8 Å². The van der Waals surface area contributed by atoms with Gasteiger partial charge in [-0.05, 0) is 43.7 Å². The highest BCUT2D eigenvalue weighted by Gasteiger charge is 2.08. The van der Waals surface area contributed by atoms with Crippen molar-refractivity contribution in [3.63, 3.8) is 0 Å². The average Bonchev–Trinajstić information content (AvgIpc) is 2.70. The molecule has 150 valence electrons. The quantitative estimate of drug-likeness (QED) is 0.544. The molecule has 2 aromatic rings. The molecular formula is C22H30N4O2. The van der Waals surface area contributed by atoms with Crippen LogP contribution in [0.25, 0.3) is 0 Å². The van der Waals surface area contributed by atoms with Gasteiger partial charge in [0.25, 0.3) is 5.91 Å². The van der Waals surface area contributed by atoms with E-state index in [-0.39, 0.29) is 12.0 Å². The van der Waals surface area contributed by atoms with Crippen LogP contribution in [0.4, 0.5) is 0 Å². The Bertz CT molecular complexity index is 758. The molecule has 0 aliphatic carbocycles. The highest BCUT2D eigenvalue weighted by molar-refractivity contribution is 5.93. The Morgan fingerprint density at radius 2 is 1.75 bits per heavy atom. The average molecular weight is 383 g/mol. The lowest BCUT2D eigenvalue weighted by molar-refractivity contribution is 0.0827. The second-order valence-corrected chi connectivity index (χ2v) is 6.71. The molecule has 0 fully saturated rings. The normalized spacial score (nSPS) is 12.2. The number of hydrogen-bond acceptors (Lipinski definition) is 3. The Morgan fingerprint density at radius 1 is 1.07 bits per heavy atom. The highest BCUT2D eigenvalue weighted by Crippen LogP contribution is 2.10. The van der Waals surface area contributed by atoms with E-state index >= 15 is 0 Å². The lowest BCUT2D eigenvalue weighted by Crippen LogP contribution is -2.41.